The van der Waals surface area contributed by atoms with E-state index in [1.807, 2.05) is 17.0 Å². The second-order valence-corrected chi connectivity index (χ2v) is 11.4. The van der Waals surface area contributed by atoms with Crippen molar-refractivity contribution in [3.8, 4) is 0 Å². The minimum atomic E-state index is -2.12. The quantitative estimate of drug-likeness (QED) is 0.321. The third-order valence-corrected chi connectivity index (χ3v) is 6.00. The zero-order chi connectivity index (χ0) is 21.2. The van der Waals surface area contributed by atoms with Crippen molar-refractivity contribution in [2.45, 2.75) is 12.7 Å². The van der Waals surface area contributed by atoms with Gasteiger partial charge in [-0.3, -0.25) is 0 Å². The SMILES string of the molecule is ClCCN(CCCl)c1ccccc1C1=NC(Cl)(C(Cl)(Cl)Cl)N=C(C(Cl)(Cl)Cl)N1. The molecule has 0 radical (unpaired) electrons. The Hall–Kier alpha value is 0.770. The number of para-hydroxylation sites is 1. The number of nitrogens with one attached hydrogen (secondary N) is 1. The Balaban J connectivity index is 2.61. The predicted molar refractivity (Wildman–Crippen MR) is 126 cm³/mol. The third-order valence-electron chi connectivity index (χ3n) is 3.59. The highest BCUT2D eigenvalue weighted by atomic mass is 35.6. The van der Waals surface area contributed by atoms with Gasteiger partial charge in [-0.15, -0.1) is 23.2 Å². The van der Waals surface area contributed by atoms with Crippen molar-refractivity contribution in [2.24, 2.45) is 9.98 Å². The molecule has 1 unspecified atom stereocenters. The number of alkyl halides is 9. The number of benzene rings is 1. The highest BCUT2D eigenvalue weighted by molar-refractivity contribution is 6.77. The van der Waals surface area contributed by atoms with Crippen LogP contribution in [-0.4, -0.2) is 49.2 Å². The zero-order valence-electron chi connectivity index (χ0n) is 13.9. The van der Waals surface area contributed by atoms with Crippen LogP contribution in [0.1, 0.15) is 5.56 Å². The van der Waals surface area contributed by atoms with E-state index in [1.165, 1.54) is 0 Å². The second-order valence-electron chi connectivity index (χ2n) is 5.51. The monoisotopic (exact) mass is 564 g/mol. The van der Waals surface area contributed by atoms with E-state index in [9.17, 15) is 0 Å². The van der Waals surface area contributed by atoms with Crippen molar-refractivity contribution in [3.05, 3.63) is 29.8 Å². The van der Waals surface area contributed by atoms with Crippen LogP contribution in [0.2, 0.25) is 0 Å². The molecule has 1 aliphatic heterocycles. The molecule has 1 aliphatic rings. The van der Waals surface area contributed by atoms with Crippen LogP contribution in [0.5, 0.6) is 0 Å². The van der Waals surface area contributed by atoms with Crippen molar-refractivity contribution in [1.29, 1.82) is 0 Å². The highest BCUT2D eigenvalue weighted by Gasteiger charge is 2.52. The van der Waals surface area contributed by atoms with Crippen LogP contribution < -0.4 is 10.2 Å². The van der Waals surface area contributed by atoms with Gasteiger partial charge in [0.25, 0.3) is 5.12 Å². The van der Waals surface area contributed by atoms with Crippen LogP contribution in [0.3, 0.4) is 0 Å². The number of rotatable bonds is 6. The molecule has 1 aromatic carbocycles. The van der Waals surface area contributed by atoms with Gasteiger partial charge in [-0.1, -0.05) is 93.3 Å². The van der Waals surface area contributed by atoms with Crippen LogP contribution in [-0.2, 0) is 0 Å². The molecule has 0 aliphatic carbocycles. The van der Waals surface area contributed by atoms with Crippen LogP contribution in [0.25, 0.3) is 0 Å². The minimum Gasteiger partial charge on any atom is -0.369 e. The summed E-state index contributed by atoms with van der Waals surface area (Å²) >= 11 is 54.3. The average Bonchev–Trinajstić information content (AvgIpc) is 2.59. The second kappa shape index (κ2) is 9.93. The van der Waals surface area contributed by atoms with E-state index in [-0.39, 0.29) is 11.7 Å². The summed E-state index contributed by atoms with van der Waals surface area (Å²) < 4.78 is -4.08. The molecule has 1 aromatic rings. The average molecular weight is 568 g/mol. The topological polar surface area (TPSA) is 40.0 Å². The van der Waals surface area contributed by atoms with Crippen molar-refractivity contribution in [2.75, 3.05) is 29.7 Å². The van der Waals surface area contributed by atoms with Gasteiger partial charge in [0.1, 0.15) is 5.84 Å². The van der Waals surface area contributed by atoms with Gasteiger partial charge in [0.15, 0.2) is 5.84 Å². The summed E-state index contributed by atoms with van der Waals surface area (Å²) in [6, 6.07) is 7.30. The van der Waals surface area contributed by atoms with Crippen molar-refractivity contribution < 1.29 is 0 Å². The summed E-state index contributed by atoms with van der Waals surface area (Å²) in [5.41, 5.74) is 1.38. The highest BCUT2D eigenvalue weighted by Crippen LogP contribution is 2.47. The number of aliphatic imine (C=N–C) groups is 2. The Kier molecular flexibility index (Phi) is 8.88. The van der Waals surface area contributed by atoms with Crippen molar-refractivity contribution >= 4 is 122 Å². The maximum Gasteiger partial charge on any atom is 0.277 e. The molecule has 0 saturated heterocycles. The fourth-order valence-electron chi connectivity index (χ4n) is 2.38. The van der Waals surface area contributed by atoms with Gasteiger partial charge < -0.3 is 10.2 Å². The normalized spacial score (nSPS) is 20.3. The van der Waals surface area contributed by atoms with Crippen LogP contribution in [0.15, 0.2) is 34.3 Å². The fraction of sp³-hybridized carbons (Fsp3) is 0.467. The molecular formula is C15H13Cl9N4. The molecule has 2 rings (SSSR count). The molecule has 0 saturated carbocycles. The first-order valence-corrected chi connectivity index (χ1v) is 11.4. The van der Waals surface area contributed by atoms with E-state index in [0.717, 1.165) is 5.69 Å². The van der Waals surface area contributed by atoms with E-state index in [2.05, 4.69) is 15.3 Å². The zero-order valence-corrected chi connectivity index (χ0v) is 20.7. The number of amidine groups is 2. The first-order valence-electron chi connectivity index (χ1n) is 7.69. The molecule has 0 amide bonds. The number of hydrogen-bond acceptors (Lipinski definition) is 4. The van der Waals surface area contributed by atoms with E-state index >= 15 is 0 Å². The van der Waals surface area contributed by atoms with Gasteiger partial charge in [0.05, 0.1) is 0 Å². The Morgan fingerprint density at radius 3 is 2.00 bits per heavy atom. The Morgan fingerprint density at radius 1 is 0.929 bits per heavy atom. The summed E-state index contributed by atoms with van der Waals surface area (Å²) in [6.45, 7) is 1.08. The van der Waals surface area contributed by atoms with Gasteiger partial charge in [-0.05, 0) is 12.1 Å². The van der Waals surface area contributed by atoms with E-state index in [4.69, 9.17) is 104 Å². The van der Waals surface area contributed by atoms with Crippen LogP contribution in [0.4, 0.5) is 5.69 Å². The molecule has 4 nitrogen and oxygen atoms in total. The van der Waals surface area contributed by atoms with E-state index in [1.54, 1.807) is 12.1 Å². The standard InChI is InChI=1S/C15H13Cl9N4/c16-5-7-28(8-6-17)10-4-2-1-3-9(10)11-25-12(13(18,19)20)27-15(24,26-11)14(21,22)23/h1-4H,5-8H2,(H,25,26,27). The summed E-state index contributed by atoms with van der Waals surface area (Å²) in [6.07, 6.45) is 0. The smallest absolute Gasteiger partial charge is 0.277 e. The van der Waals surface area contributed by atoms with E-state index < -0.39 is 12.7 Å². The Labute approximate surface area is 208 Å². The lowest BCUT2D eigenvalue weighted by atomic mass is 10.1. The molecule has 0 fully saturated rings. The van der Waals surface area contributed by atoms with Gasteiger partial charge >= 0.3 is 0 Å². The molecule has 0 aromatic heterocycles. The van der Waals surface area contributed by atoms with E-state index in [0.29, 0.717) is 30.4 Å². The summed E-state index contributed by atoms with van der Waals surface area (Å²) in [7, 11) is 0. The molecular weight excluding hydrogens is 555 g/mol. The Morgan fingerprint density at radius 2 is 1.50 bits per heavy atom. The molecule has 156 valence electrons. The lowest BCUT2D eigenvalue weighted by molar-refractivity contribution is 0.633. The fourth-order valence-corrected chi connectivity index (χ4v) is 3.48. The molecule has 1 N–H and O–H groups in total. The minimum absolute atomic E-state index is 0.139. The lowest BCUT2D eigenvalue weighted by Gasteiger charge is -2.34. The summed E-state index contributed by atoms with van der Waals surface area (Å²) in [5, 5.41) is 0.820. The van der Waals surface area contributed by atoms with Crippen molar-refractivity contribution in [3.63, 3.8) is 0 Å². The van der Waals surface area contributed by atoms with Gasteiger partial charge in [0, 0.05) is 36.1 Å². The first-order chi connectivity index (χ1) is 12.9. The van der Waals surface area contributed by atoms with Crippen LogP contribution >= 0.6 is 104 Å². The molecule has 28 heavy (non-hydrogen) atoms. The maximum absolute atomic E-state index is 6.41. The van der Waals surface area contributed by atoms with Gasteiger partial charge in [0.2, 0.25) is 7.59 Å². The summed E-state index contributed by atoms with van der Waals surface area (Å²) in [4.78, 5) is 10.3. The molecule has 0 bridgehead atoms. The third kappa shape index (κ3) is 5.93. The molecule has 13 heteroatoms. The van der Waals surface area contributed by atoms with Gasteiger partial charge in [-0.25, -0.2) is 9.98 Å². The number of hydrogen-bond donors (Lipinski definition) is 1. The number of halogens is 9. The molecule has 1 heterocycles. The Bertz CT molecular complexity index is 751. The van der Waals surface area contributed by atoms with Crippen molar-refractivity contribution in [1.82, 2.24) is 5.32 Å². The first kappa shape index (κ1) is 25.0. The lowest BCUT2D eigenvalue weighted by Crippen LogP contribution is -2.50. The number of nitrogens with zero attached hydrogens (tertiary/aromatic N) is 3. The maximum atomic E-state index is 6.41. The van der Waals surface area contributed by atoms with Crippen LogP contribution in [0, 0.1) is 0 Å². The molecule has 1 atom stereocenters. The van der Waals surface area contributed by atoms with Gasteiger partial charge in [-0.2, -0.15) is 0 Å². The predicted octanol–water partition coefficient (Wildman–Crippen LogP) is 6.35. The summed E-state index contributed by atoms with van der Waals surface area (Å²) in [5.74, 6) is 0.848. The molecule has 0 spiro atoms. The number of anilines is 1. The largest absolute Gasteiger partial charge is 0.369 e.